The Morgan fingerprint density at radius 1 is 1.07 bits per heavy atom. The van der Waals surface area contributed by atoms with Gasteiger partial charge >= 0.3 is 0 Å². The summed E-state index contributed by atoms with van der Waals surface area (Å²) in [5.74, 6) is 0.715. The molecule has 0 atom stereocenters. The number of aromatic nitrogens is 1. The second-order valence-corrected chi connectivity index (χ2v) is 9.07. The normalized spacial score (nSPS) is 15.8. The average Bonchev–Trinajstić information content (AvgIpc) is 2.74. The molecule has 5 heteroatoms. The highest BCUT2D eigenvalue weighted by atomic mass is 16.2. The molecular weight excluding hydrogens is 374 g/mol. The number of hydrogen-bond donors (Lipinski definition) is 0. The minimum absolute atomic E-state index is 0.160. The molecule has 160 valence electrons. The largest absolute Gasteiger partial charge is 0.348 e. The van der Waals surface area contributed by atoms with Crippen molar-refractivity contribution in [1.82, 2.24) is 14.8 Å². The first-order valence-electron chi connectivity index (χ1n) is 10.8. The number of pyridine rings is 1. The summed E-state index contributed by atoms with van der Waals surface area (Å²) < 4.78 is 0. The number of hydrogen-bond acceptors (Lipinski definition) is 3. The van der Waals surface area contributed by atoms with Gasteiger partial charge < -0.3 is 9.80 Å². The Hall–Kier alpha value is -2.69. The van der Waals surface area contributed by atoms with Gasteiger partial charge in [-0.05, 0) is 54.0 Å². The van der Waals surface area contributed by atoms with Crippen LogP contribution in [0.25, 0.3) is 11.1 Å². The SMILES string of the molecule is CC(C)CC(=O)N1CCC(Cc2cccc(-c3ccncc3)c2)(C(=O)N(C)C)CC1. The highest BCUT2D eigenvalue weighted by molar-refractivity contribution is 5.83. The number of likely N-dealkylation sites (tertiary alicyclic amines) is 1. The van der Waals surface area contributed by atoms with E-state index in [4.69, 9.17) is 0 Å². The molecule has 3 rings (SSSR count). The van der Waals surface area contributed by atoms with Crippen molar-refractivity contribution in [2.24, 2.45) is 11.3 Å². The summed E-state index contributed by atoms with van der Waals surface area (Å²) in [4.78, 5) is 33.5. The van der Waals surface area contributed by atoms with Crippen LogP contribution < -0.4 is 0 Å². The molecule has 0 N–H and O–H groups in total. The zero-order chi connectivity index (χ0) is 21.7. The van der Waals surface area contributed by atoms with E-state index in [0.717, 1.165) is 16.7 Å². The van der Waals surface area contributed by atoms with Crippen molar-refractivity contribution in [3.63, 3.8) is 0 Å². The van der Waals surface area contributed by atoms with Gasteiger partial charge in [0.2, 0.25) is 11.8 Å². The van der Waals surface area contributed by atoms with E-state index in [1.165, 1.54) is 0 Å². The molecule has 0 spiro atoms. The van der Waals surface area contributed by atoms with E-state index in [1.807, 2.05) is 31.1 Å². The van der Waals surface area contributed by atoms with Gasteiger partial charge in [0.1, 0.15) is 0 Å². The van der Waals surface area contributed by atoms with Crippen LogP contribution in [0.3, 0.4) is 0 Å². The third-order valence-corrected chi connectivity index (χ3v) is 6.00. The maximum atomic E-state index is 13.2. The molecule has 0 bridgehead atoms. The molecular formula is C25H33N3O2. The third-order valence-electron chi connectivity index (χ3n) is 6.00. The third kappa shape index (κ3) is 5.07. The lowest BCUT2D eigenvalue weighted by atomic mass is 9.72. The molecule has 1 aromatic heterocycles. The van der Waals surface area contributed by atoms with Gasteiger partial charge in [-0.15, -0.1) is 0 Å². The fourth-order valence-corrected chi connectivity index (χ4v) is 4.40. The van der Waals surface area contributed by atoms with Crippen LogP contribution in [0.1, 0.15) is 38.7 Å². The van der Waals surface area contributed by atoms with Crippen LogP contribution in [-0.2, 0) is 16.0 Å². The van der Waals surface area contributed by atoms with E-state index in [2.05, 4.69) is 43.1 Å². The topological polar surface area (TPSA) is 53.5 Å². The minimum atomic E-state index is -0.463. The van der Waals surface area contributed by atoms with Crippen LogP contribution in [-0.4, -0.2) is 53.8 Å². The summed E-state index contributed by atoms with van der Waals surface area (Å²) in [5.41, 5.74) is 2.94. The molecule has 0 radical (unpaired) electrons. The summed E-state index contributed by atoms with van der Waals surface area (Å²) in [7, 11) is 3.65. The van der Waals surface area contributed by atoms with E-state index in [-0.39, 0.29) is 11.8 Å². The smallest absolute Gasteiger partial charge is 0.228 e. The Bertz CT molecular complexity index is 869. The predicted molar refractivity (Wildman–Crippen MR) is 120 cm³/mol. The summed E-state index contributed by atoms with van der Waals surface area (Å²) in [6.45, 7) is 5.43. The van der Waals surface area contributed by atoms with Crippen molar-refractivity contribution in [2.75, 3.05) is 27.2 Å². The zero-order valence-corrected chi connectivity index (χ0v) is 18.6. The highest BCUT2D eigenvalue weighted by Crippen LogP contribution is 2.38. The molecule has 0 aliphatic carbocycles. The molecule has 0 unspecified atom stereocenters. The quantitative estimate of drug-likeness (QED) is 0.726. The molecule has 1 aliphatic heterocycles. The van der Waals surface area contributed by atoms with Gasteiger partial charge in [0.05, 0.1) is 5.41 Å². The molecule has 1 fully saturated rings. The van der Waals surface area contributed by atoms with Gasteiger partial charge in [-0.25, -0.2) is 0 Å². The first-order chi connectivity index (χ1) is 14.3. The molecule has 0 saturated carbocycles. The lowest BCUT2D eigenvalue weighted by Crippen LogP contribution is -2.51. The van der Waals surface area contributed by atoms with Gasteiger partial charge in [-0.2, -0.15) is 0 Å². The Morgan fingerprint density at radius 3 is 2.33 bits per heavy atom. The number of rotatable bonds is 6. The molecule has 1 aliphatic rings. The van der Waals surface area contributed by atoms with Crippen LogP contribution in [0.15, 0.2) is 48.8 Å². The predicted octanol–water partition coefficient (Wildman–Crippen LogP) is 4.03. The Balaban J connectivity index is 1.81. The number of nitrogens with zero attached hydrogens (tertiary/aromatic N) is 3. The van der Waals surface area contributed by atoms with Crippen molar-refractivity contribution in [1.29, 1.82) is 0 Å². The van der Waals surface area contributed by atoms with Gasteiger partial charge in [0.25, 0.3) is 0 Å². The molecule has 1 aromatic carbocycles. The first kappa shape index (κ1) is 22.0. The van der Waals surface area contributed by atoms with Crippen LogP contribution in [0.2, 0.25) is 0 Å². The van der Waals surface area contributed by atoms with Gasteiger partial charge in [0, 0.05) is 46.0 Å². The Labute approximate surface area is 180 Å². The zero-order valence-electron chi connectivity index (χ0n) is 18.6. The minimum Gasteiger partial charge on any atom is -0.348 e. The average molecular weight is 408 g/mol. The van der Waals surface area contributed by atoms with Crippen LogP contribution in [0, 0.1) is 11.3 Å². The lowest BCUT2D eigenvalue weighted by molar-refractivity contribution is -0.146. The van der Waals surface area contributed by atoms with E-state index < -0.39 is 5.41 Å². The van der Waals surface area contributed by atoms with Crippen molar-refractivity contribution < 1.29 is 9.59 Å². The number of carbonyl (C=O) groups excluding carboxylic acids is 2. The molecule has 2 aromatic rings. The summed E-state index contributed by atoms with van der Waals surface area (Å²) in [6, 6.07) is 12.4. The van der Waals surface area contributed by atoms with Crippen LogP contribution in [0.4, 0.5) is 0 Å². The second kappa shape index (κ2) is 9.41. The van der Waals surface area contributed by atoms with Crippen LogP contribution >= 0.6 is 0 Å². The number of benzene rings is 1. The second-order valence-electron chi connectivity index (χ2n) is 9.07. The summed E-state index contributed by atoms with van der Waals surface area (Å²) >= 11 is 0. The van der Waals surface area contributed by atoms with Crippen molar-refractivity contribution in [3.05, 3.63) is 54.4 Å². The molecule has 30 heavy (non-hydrogen) atoms. The van der Waals surface area contributed by atoms with E-state index in [0.29, 0.717) is 44.7 Å². The summed E-state index contributed by atoms with van der Waals surface area (Å²) in [5, 5.41) is 0. The molecule has 1 saturated heterocycles. The van der Waals surface area contributed by atoms with Gasteiger partial charge in [-0.3, -0.25) is 14.6 Å². The van der Waals surface area contributed by atoms with Gasteiger partial charge in [-0.1, -0.05) is 38.1 Å². The van der Waals surface area contributed by atoms with E-state index in [9.17, 15) is 9.59 Å². The van der Waals surface area contributed by atoms with E-state index in [1.54, 1.807) is 17.3 Å². The fourth-order valence-electron chi connectivity index (χ4n) is 4.40. The highest BCUT2D eigenvalue weighted by Gasteiger charge is 2.43. The molecule has 5 nitrogen and oxygen atoms in total. The maximum absolute atomic E-state index is 13.2. The fraction of sp³-hybridized carbons (Fsp3) is 0.480. The number of piperidine rings is 1. The van der Waals surface area contributed by atoms with Crippen LogP contribution in [0.5, 0.6) is 0 Å². The molecule has 2 heterocycles. The standard InChI is InChI=1S/C25H33N3O2/c1-19(2)16-23(29)28-14-10-25(11-15-28,24(30)27(3)4)18-20-6-5-7-22(17-20)21-8-12-26-13-9-21/h5-9,12-13,17,19H,10-11,14-16,18H2,1-4H3. The van der Waals surface area contributed by atoms with E-state index >= 15 is 0 Å². The maximum Gasteiger partial charge on any atom is 0.228 e. The van der Waals surface area contributed by atoms with Crippen molar-refractivity contribution in [2.45, 2.75) is 39.5 Å². The Kier molecular flexibility index (Phi) is 6.91. The van der Waals surface area contributed by atoms with Gasteiger partial charge in [0.15, 0.2) is 0 Å². The monoisotopic (exact) mass is 407 g/mol. The Morgan fingerprint density at radius 2 is 1.73 bits per heavy atom. The number of carbonyl (C=O) groups is 2. The molecule has 2 amide bonds. The number of amides is 2. The van der Waals surface area contributed by atoms with Crippen molar-refractivity contribution in [3.8, 4) is 11.1 Å². The van der Waals surface area contributed by atoms with Crippen molar-refractivity contribution >= 4 is 11.8 Å². The first-order valence-corrected chi connectivity index (χ1v) is 10.8. The lowest BCUT2D eigenvalue weighted by Gasteiger charge is -2.42. The summed E-state index contributed by atoms with van der Waals surface area (Å²) in [6.07, 6.45) is 6.25.